The third-order valence-electron chi connectivity index (χ3n) is 3.64. The van der Waals surface area contributed by atoms with Gasteiger partial charge in [-0.3, -0.25) is 9.52 Å². The number of hydrogen-bond donors (Lipinski definition) is 2. The first-order chi connectivity index (χ1) is 13.0. The lowest BCUT2D eigenvalue weighted by molar-refractivity contribution is 0.0688. The van der Waals surface area contributed by atoms with E-state index in [1.807, 2.05) is 0 Å². The van der Waals surface area contributed by atoms with Gasteiger partial charge in [0, 0.05) is 31.5 Å². The van der Waals surface area contributed by atoms with Crippen molar-refractivity contribution in [3.05, 3.63) is 60.2 Å². The highest BCUT2D eigenvalue weighted by Crippen LogP contribution is 2.16. The first kappa shape index (κ1) is 20.9. The Kier molecular flexibility index (Phi) is 8.25. The van der Waals surface area contributed by atoms with Crippen LogP contribution in [0.4, 0.5) is 5.69 Å². The molecule has 2 aromatic carbocycles. The van der Waals surface area contributed by atoms with Crippen LogP contribution in [0.1, 0.15) is 16.8 Å². The summed E-state index contributed by atoms with van der Waals surface area (Å²) >= 11 is 0. The predicted octanol–water partition coefficient (Wildman–Crippen LogP) is 2.27. The molecule has 2 aromatic rings. The van der Waals surface area contributed by atoms with Gasteiger partial charge in [0.15, 0.2) is 0 Å². The van der Waals surface area contributed by atoms with Crippen molar-refractivity contribution in [3.8, 4) is 0 Å². The molecule has 1 amide bonds. The summed E-state index contributed by atoms with van der Waals surface area (Å²) in [7, 11) is -2.09. The Morgan fingerprint density at radius 3 is 2.33 bits per heavy atom. The Morgan fingerprint density at radius 1 is 0.963 bits per heavy atom. The molecule has 0 unspecified atom stereocenters. The molecule has 0 aliphatic rings. The van der Waals surface area contributed by atoms with Gasteiger partial charge in [0.2, 0.25) is 0 Å². The Balaban J connectivity index is 1.84. The predicted molar refractivity (Wildman–Crippen MR) is 103 cm³/mol. The van der Waals surface area contributed by atoms with Crippen LogP contribution < -0.4 is 10.0 Å². The van der Waals surface area contributed by atoms with Gasteiger partial charge in [-0.1, -0.05) is 18.2 Å². The van der Waals surface area contributed by atoms with E-state index in [4.69, 9.17) is 9.47 Å². The van der Waals surface area contributed by atoms with Crippen molar-refractivity contribution >= 4 is 21.6 Å². The van der Waals surface area contributed by atoms with Gasteiger partial charge >= 0.3 is 0 Å². The minimum Gasteiger partial charge on any atom is -0.382 e. The summed E-state index contributed by atoms with van der Waals surface area (Å²) in [6, 6.07) is 14.4. The molecule has 2 rings (SSSR count). The number of carbonyl (C=O) groups excluding carboxylic acids is 1. The zero-order chi connectivity index (χ0) is 19.5. The van der Waals surface area contributed by atoms with Crippen molar-refractivity contribution in [2.75, 3.05) is 38.2 Å². The molecule has 0 aromatic heterocycles. The summed E-state index contributed by atoms with van der Waals surface area (Å²) in [6.07, 6.45) is 0.683. The highest BCUT2D eigenvalue weighted by atomic mass is 32.2. The van der Waals surface area contributed by atoms with Gasteiger partial charge in [-0.25, -0.2) is 8.42 Å². The lowest BCUT2D eigenvalue weighted by Gasteiger charge is -2.09. The number of nitrogens with one attached hydrogen (secondary N) is 2. The normalized spacial score (nSPS) is 11.1. The fourth-order valence-electron chi connectivity index (χ4n) is 2.23. The smallest absolute Gasteiger partial charge is 0.261 e. The number of amides is 1. The lowest BCUT2D eigenvalue weighted by Crippen LogP contribution is -2.25. The number of hydrogen-bond acceptors (Lipinski definition) is 5. The van der Waals surface area contributed by atoms with Crippen molar-refractivity contribution in [2.24, 2.45) is 0 Å². The van der Waals surface area contributed by atoms with Crippen molar-refractivity contribution in [1.29, 1.82) is 0 Å². The van der Waals surface area contributed by atoms with Crippen LogP contribution >= 0.6 is 0 Å². The van der Waals surface area contributed by atoms with Crippen molar-refractivity contribution in [3.63, 3.8) is 0 Å². The molecule has 0 aliphatic heterocycles. The van der Waals surface area contributed by atoms with Gasteiger partial charge < -0.3 is 14.8 Å². The van der Waals surface area contributed by atoms with Crippen molar-refractivity contribution in [1.82, 2.24) is 5.32 Å². The first-order valence-corrected chi connectivity index (χ1v) is 10.0. The standard InChI is InChI=1S/C19H24N2O5S/c1-25-14-15-26-13-5-12-20-19(22)16-8-10-18(11-9-16)27(23,24)21-17-6-3-2-4-7-17/h2-4,6-11,21H,5,12-15H2,1H3,(H,20,22). The van der Waals surface area contributed by atoms with E-state index in [9.17, 15) is 13.2 Å². The van der Waals surface area contributed by atoms with Crippen LogP contribution in [0.25, 0.3) is 0 Å². The second-order valence-electron chi connectivity index (χ2n) is 5.71. The largest absolute Gasteiger partial charge is 0.382 e. The molecule has 0 saturated carbocycles. The molecule has 0 fully saturated rings. The van der Waals surface area contributed by atoms with E-state index >= 15 is 0 Å². The number of sulfonamides is 1. The third kappa shape index (κ3) is 7.01. The Bertz CT molecular complexity index is 808. The molecule has 0 aliphatic carbocycles. The van der Waals surface area contributed by atoms with E-state index < -0.39 is 10.0 Å². The Labute approximate surface area is 159 Å². The molecule has 0 spiro atoms. The Morgan fingerprint density at radius 2 is 1.67 bits per heavy atom. The van der Waals surface area contributed by atoms with E-state index in [0.717, 1.165) is 0 Å². The van der Waals surface area contributed by atoms with Crippen LogP contribution in [0.5, 0.6) is 0 Å². The SMILES string of the molecule is COCCOCCCNC(=O)c1ccc(S(=O)(=O)Nc2ccccc2)cc1. The van der Waals surface area contributed by atoms with E-state index in [1.54, 1.807) is 37.4 Å². The molecule has 0 saturated heterocycles. The van der Waals surface area contributed by atoms with Crippen molar-refractivity contribution in [2.45, 2.75) is 11.3 Å². The molecule has 27 heavy (non-hydrogen) atoms. The van der Waals surface area contributed by atoms with Crippen LogP contribution in [0.2, 0.25) is 0 Å². The fourth-order valence-corrected chi connectivity index (χ4v) is 3.29. The number of ether oxygens (including phenoxy) is 2. The zero-order valence-corrected chi connectivity index (χ0v) is 16.0. The van der Waals surface area contributed by atoms with Crippen LogP contribution in [0.15, 0.2) is 59.5 Å². The van der Waals surface area contributed by atoms with Crippen LogP contribution in [0, 0.1) is 0 Å². The highest BCUT2D eigenvalue weighted by Gasteiger charge is 2.15. The summed E-state index contributed by atoms with van der Waals surface area (Å²) < 4.78 is 37.4. The number of anilines is 1. The van der Waals surface area contributed by atoms with Gasteiger partial charge in [-0.15, -0.1) is 0 Å². The maximum Gasteiger partial charge on any atom is 0.261 e. The monoisotopic (exact) mass is 392 g/mol. The van der Waals surface area contributed by atoms with E-state index in [-0.39, 0.29) is 10.8 Å². The summed E-state index contributed by atoms with van der Waals surface area (Å²) in [6.45, 7) is 2.07. The van der Waals surface area contributed by atoms with Gasteiger partial charge in [0.25, 0.3) is 15.9 Å². The number of methoxy groups -OCH3 is 1. The van der Waals surface area contributed by atoms with Crippen molar-refractivity contribution < 1.29 is 22.7 Å². The molecule has 2 N–H and O–H groups in total. The molecule has 0 bridgehead atoms. The van der Waals surface area contributed by atoms with Gasteiger partial charge in [-0.05, 0) is 42.8 Å². The van der Waals surface area contributed by atoms with Crippen LogP contribution in [0.3, 0.4) is 0 Å². The van der Waals surface area contributed by atoms with Gasteiger partial charge in [-0.2, -0.15) is 0 Å². The quantitative estimate of drug-likeness (QED) is 0.572. The molecule has 0 atom stereocenters. The molecule has 0 heterocycles. The number of benzene rings is 2. The van der Waals surface area contributed by atoms with E-state index in [0.29, 0.717) is 44.0 Å². The molecular formula is C19H24N2O5S. The average Bonchev–Trinajstić information content (AvgIpc) is 2.67. The molecule has 7 nitrogen and oxygen atoms in total. The zero-order valence-electron chi connectivity index (χ0n) is 15.2. The minimum absolute atomic E-state index is 0.0921. The number of rotatable bonds is 11. The topological polar surface area (TPSA) is 93.7 Å². The van der Waals surface area contributed by atoms with E-state index in [1.165, 1.54) is 24.3 Å². The maximum atomic E-state index is 12.4. The van der Waals surface area contributed by atoms with Crippen LogP contribution in [-0.2, 0) is 19.5 Å². The summed E-state index contributed by atoms with van der Waals surface area (Å²) in [5.74, 6) is -0.258. The summed E-state index contributed by atoms with van der Waals surface area (Å²) in [5, 5.41) is 2.77. The van der Waals surface area contributed by atoms with Gasteiger partial charge in [0.05, 0.1) is 18.1 Å². The molecular weight excluding hydrogens is 368 g/mol. The third-order valence-corrected chi connectivity index (χ3v) is 5.03. The summed E-state index contributed by atoms with van der Waals surface area (Å²) in [4.78, 5) is 12.2. The second-order valence-corrected chi connectivity index (χ2v) is 7.39. The number of para-hydroxylation sites is 1. The minimum atomic E-state index is -3.70. The molecule has 8 heteroatoms. The van der Waals surface area contributed by atoms with E-state index in [2.05, 4.69) is 10.0 Å². The molecule has 146 valence electrons. The summed E-state index contributed by atoms with van der Waals surface area (Å²) in [5.41, 5.74) is 0.876. The van der Waals surface area contributed by atoms with Gasteiger partial charge in [0.1, 0.15) is 0 Å². The second kappa shape index (κ2) is 10.7. The fraction of sp³-hybridized carbons (Fsp3) is 0.316. The Hall–Kier alpha value is -2.42. The van der Waals surface area contributed by atoms with Crippen LogP contribution in [-0.4, -0.2) is 47.8 Å². The molecule has 0 radical (unpaired) electrons. The number of carbonyl (C=O) groups is 1. The first-order valence-electron chi connectivity index (χ1n) is 8.56. The highest BCUT2D eigenvalue weighted by molar-refractivity contribution is 7.92. The lowest BCUT2D eigenvalue weighted by atomic mass is 10.2. The maximum absolute atomic E-state index is 12.4. The average molecular weight is 392 g/mol.